The molecular weight excluding hydrogens is 278 g/mol. The summed E-state index contributed by atoms with van der Waals surface area (Å²) in [7, 11) is 0. The smallest absolute Gasteiger partial charge is 0.149 e. The molecule has 6 heteroatoms. The number of aliphatic hydroxyl groups is 1. The predicted octanol–water partition coefficient (Wildman–Crippen LogP) is 1.66. The summed E-state index contributed by atoms with van der Waals surface area (Å²) in [5, 5.41) is 12.2. The first-order chi connectivity index (χ1) is 10.1. The third kappa shape index (κ3) is 3.70. The monoisotopic (exact) mass is 300 g/mol. The number of rotatable bonds is 5. The minimum atomic E-state index is -0.576. The lowest BCUT2D eigenvalue weighted by Crippen LogP contribution is -2.50. The molecule has 0 aromatic heterocycles. The quantitative estimate of drug-likeness (QED) is 0.868. The van der Waals surface area contributed by atoms with Crippen molar-refractivity contribution in [3.05, 3.63) is 29.3 Å². The van der Waals surface area contributed by atoms with Gasteiger partial charge in [-0.15, -0.1) is 0 Å². The summed E-state index contributed by atoms with van der Waals surface area (Å²) in [4.78, 5) is 1.63. The molecule has 0 saturated carbocycles. The van der Waals surface area contributed by atoms with Gasteiger partial charge in [0, 0.05) is 19.1 Å². The average Bonchev–Trinajstić information content (AvgIpc) is 2.46. The second kappa shape index (κ2) is 7.15. The zero-order valence-corrected chi connectivity index (χ0v) is 12.4. The molecule has 118 valence electrons. The van der Waals surface area contributed by atoms with Crippen LogP contribution in [0.3, 0.4) is 0 Å². The molecular formula is C15H22F2N2O2. The van der Waals surface area contributed by atoms with Crippen LogP contribution in [0.25, 0.3) is 0 Å². The van der Waals surface area contributed by atoms with Crippen LogP contribution in [0, 0.1) is 11.6 Å². The molecule has 4 nitrogen and oxygen atoms in total. The predicted molar refractivity (Wildman–Crippen MR) is 77.4 cm³/mol. The van der Waals surface area contributed by atoms with Gasteiger partial charge in [-0.25, -0.2) is 8.78 Å². The van der Waals surface area contributed by atoms with Crippen LogP contribution in [-0.4, -0.2) is 43.6 Å². The first-order valence-corrected chi connectivity index (χ1v) is 7.24. The van der Waals surface area contributed by atoms with Crippen molar-refractivity contribution in [3.8, 4) is 0 Å². The van der Waals surface area contributed by atoms with Crippen LogP contribution in [-0.2, 0) is 11.3 Å². The number of nitrogens with one attached hydrogen (secondary N) is 1. The highest BCUT2D eigenvalue weighted by molar-refractivity contribution is 5.52. The molecule has 0 amide bonds. The van der Waals surface area contributed by atoms with E-state index < -0.39 is 17.7 Å². The van der Waals surface area contributed by atoms with Crippen molar-refractivity contribution in [3.63, 3.8) is 0 Å². The lowest BCUT2D eigenvalue weighted by Gasteiger charge is -2.39. The molecule has 1 fully saturated rings. The number of aliphatic hydroxyl groups excluding tert-OH is 1. The summed E-state index contributed by atoms with van der Waals surface area (Å²) in [6.07, 6.45) is -0.415. The summed E-state index contributed by atoms with van der Waals surface area (Å²) in [6.45, 7) is 5.41. The molecule has 2 atom stereocenters. The van der Waals surface area contributed by atoms with Crippen molar-refractivity contribution in [2.75, 3.05) is 31.2 Å². The Morgan fingerprint density at radius 3 is 2.62 bits per heavy atom. The van der Waals surface area contributed by atoms with Crippen LogP contribution < -0.4 is 10.2 Å². The lowest BCUT2D eigenvalue weighted by atomic mass is 10.1. The van der Waals surface area contributed by atoms with Gasteiger partial charge in [-0.05, 0) is 31.2 Å². The number of ether oxygens (including phenoxy) is 1. The molecule has 2 rings (SSSR count). The van der Waals surface area contributed by atoms with Crippen LogP contribution in [0.4, 0.5) is 14.5 Å². The Morgan fingerprint density at radius 2 is 2.05 bits per heavy atom. The number of hydrogen-bond donors (Lipinski definition) is 2. The molecule has 1 aromatic carbocycles. The molecule has 0 aliphatic carbocycles. The molecule has 21 heavy (non-hydrogen) atoms. The van der Waals surface area contributed by atoms with Gasteiger partial charge >= 0.3 is 0 Å². The Hall–Kier alpha value is -1.24. The van der Waals surface area contributed by atoms with Gasteiger partial charge in [0.05, 0.1) is 19.3 Å². The molecule has 2 N–H and O–H groups in total. The third-order valence-electron chi connectivity index (χ3n) is 3.65. The van der Waals surface area contributed by atoms with Gasteiger partial charge in [-0.2, -0.15) is 0 Å². The summed E-state index contributed by atoms with van der Waals surface area (Å²) in [5.41, 5.74) is 0.541. The maximum atomic E-state index is 14.3. The van der Waals surface area contributed by atoms with E-state index in [0.29, 0.717) is 18.7 Å². The molecule has 0 spiro atoms. The van der Waals surface area contributed by atoms with Crippen LogP contribution in [0.15, 0.2) is 12.1 Å². The van der Waals surface area contributed by atoms with Gasteiger partial charge < -0.3 is 20.1 Å². The van der Waals surface area contributed by atoms with E-state index in [4.69, 9.17) is 4.74 Å². The van der Waals surface area contributed by atoms with E-state index in [1.54, 1.807) is 4.90 Å². The van der Waals surface area contributed by atoms with Crippen LogP contribution in [0.2, 0.25) is 0 Å². The average molecular weight is 300 g/mol. The Morgan fingerprint density at radius 1 is 1.38 bits per heavy atom. The number of hydrogen-bond acceptors (Lipinski definition) is 4. The summed E-state index contributed by atoms with van der Waals surface area (Å²) >= 11 is 0. The zero-order chi connectivity index (χ0) is 15.4. The van der Waals surface area contributed by atoms with Gasteiger partial charge in [-0.3, -0.25) is 0 Å². The van der Waals surface area contributed by atoms with E-state index in [0.717, 1.165) is 6.54 Å². The minimum absolute atomic E-state index is 0.0375. The molecule has 1 aliphatic rings. The fraction of sp³-hybridized carbons (Fsp3) is 0.600. The Bertz CT molecular complexity index is 462. The maximum absolute atomic E-state index is 14.3. The molecule has 1 heterocycles. The highest BCUT2D eigenvalue weighted by Gasteiger charge is 2.29. The van der Waals surface area contributed by atoms with Gasteiger partial charge in [-0.1, -0.05) is 6.92 Å². The van der Waals surface area contributed by atoms with E-state index in [1.165, 1.54) is 12.1 Å². The lowest BCUT2D eigenvalue weighted by molar-refractivity contribution is -0.0107. The van der Waals surface area contributed by atoms with Crippen LogP contribution in [0.1, 0.15) is 19.4 Å². The highest BCUT2D eigenvalue weighted by atomic mass is 19.1. The zero-order valence-electron chi connectivity index (χ0n) is 12.4. The Labute approximate surface area is 123 Å². The van der Waals surface area contributed by atoms with Crippen molar-refractivity contribution >= 4 is 5.69 Å². The number of halogens is 2. The van der Waals surface area contributed by atoms with Gasteiger partial charge in [0.25, 0.3) is 0 Å². The van der Waals surface area contributed by atoms with Crippen molar-refractivity contribution in [1.29, 1.82) is 0 Å². The maximum Gasteiger partial charge on any atom is 0.149 e. The first kappa shape index (κ1) is 16.1. The molecule has 1 aliphatic heterocycles. The van der Waals surface area contributed by atoms with E-state index in [2.05, 4.69) is 5.32 Å². The van der Waals surface area contributed by atoms with Crippen LogP contribution in [0.5, 0.6) is 0 Å². The van der Waals surface area contributed by atoms with E-state index in [-0.39, 0.29) is 24.9 Å². The van der Waals surface area contributed by atoms with Gasteiger partial charge in [0.1, 0.15) is 17.3 Å². The molecule has 2 unspecified atom stereocenters. The largest absolute Gasteiger partial charge is 0.394 e. The molecule has 1 aromatic rings. The topological polar surface area (TPSA) is 44.7 Å². The molecule has 0 radical (unpaired) electrons. The summed E-state index contributed by atoms with van der Waals surface area (Å²) in [5.74, 6) is -1.15. The number of anilines is 1. The summed E-state index contributed by atoms with van der Waals surface area (Å²) in [6, 6.07) is 2.57. The van der Waals surface area contributed by atoms with Gasteiger partial charge in [0.2, 0.25) is 0 Å². The van der Waals surface area contributed by atoms with E-state index in [1.807, 2.05) is 13.8 Å². The number of nitrogens with zero attached hydrogens (tertiary/aromatic N) is 1. The van der Waals surface area contributed by atoms with E-state index in [9.17, 15) is 13.9 Å². The van der Waals surface area contributed by atoms with E-state index >= 15 is 0 Å². The first-order valence-electron chi connectivity index (χ1n) is 7.24. The van der Waals surface area contributed by atoms with Crippen molar-refractivity contribution in [2.24, 2.45) is 0 Å². The Kier molecular flexibility index (Phi) is 5.50. The Balaban J connectivity index is 2.25. The SMILES string of the molecule is CCNCc1cc(F)c(N2CC(CO)OCC2C)c(F)c1. The molecule has 0 bridgehead atoms. The number of morpholine rings is 1. The molecule has 1 saturated heterocycles. The standard InChI is InChI=1S/C15H22F2N2O2/c1-3-18-6-11-4-13(16)15(14(17)5-11)19-7-12(8-20)21-9-10(19)2/h4-5,10,12,18,20H,3,6-9H2,1-2H3. The second-order valence-corrected chi connectivity index (χ2v) is 5.33. The summed E-state index contributed by atoms with van der Waals surface area (Å²) < 4.78 is 34.0. The fourth-order valence-electron chi connectivity index (χ4n) is 2.50. The third-order valence-corrected chi connectivity index (χ3v) is 3.65. The fourth-order valence-corrected chi connectivity index (χ4v) is 2.50. The highest BCUT2D eigenvalue weighted by Crippen LogP contribution is 2.29. The van der Waals surface area contributed by atoms with Crippen LogP contribution >= 0.6 is 0 Å². The number of benzene rings is 1. The van der Waals surface area contributed by atoms with Gasteiger partial charge in [0.15, 0.2) is 0 Å². The minimum Gasteiger partial charge on any atom is -0.394 e. The second-order valence-electron chi connectivity index (χ2n) is 5.33. The van der Waals surface area contributed by atoms with Crippen molar-refractivity contribution in [1.82, 2.24) is 5.32 Å². The normalized spacial score (nSPS) is 22.6. The van der Waals surface area contributed by atoms with Crippen molar-refractivity contribution in [2.45, 2.75) is 32.5 Å². The van der Waals surface area contributed by atoms with Crippen molar-refractivity contribution < 1.29 is 18.6 Å².